The summed E-state index contributed by atoms with van der Waals surface area (Å²) in [5.41, 5.74) is 1.44. The first-order valence-corrected chi connectivity index (χ1v) is 7.12. The molecule has 0 aliphatic carbocycles. The normalized spacial score (nSPS) is 10.4. The molecule has 9 heteroatoms. The highest BCUT2D eigenvalue weighted by molar-refractivity contribution is 7.09. The smallest absolute Gasteiger partial charge is 0.355 e. The van der Waals surface area contributed by atoms with Crippen LogP contribution in [0.1, 0.15) is 28.1 Å². The van der Waals surface area contributed by atoms with Gasteiger partial charge in [-0.15, -0.1) is 11.3 Å². The molecule has 0 aromatic carbocycles. The zero-order chi connectivity index (χ0) is 15.4. The third-order valence-corrected chi connectivity index (χ3v) is 3.51. The Hall–Kier alpha value is -2.42. The molecule has 0 saturated heterocycles. The Morgan fingerprint density at radius 1 is 1.48 bits per heavy atom. The van der Waals surface area contributed by atoms with Crippen molar-refractivity contribution in [2.45, 2.75) is 19.9 Å². The van der Waals surface area contributed by atoms with Crippen LogP contribution in [0.5, 0.6) is 0 Å². The van der Waals surface area contributed by atoms with Crippen LogP contribution >= 0.6 is 11.3 Å². The van der Waals surface area contributed by atoms with Crippen LogP contribution in [0, 0.1) is 0 Å². The maximum absolute atomic E-state index is 11.8. The quantitative estimate of drug-likeness (QED) is 0.774. The first kappa shape index (κ1) is 15.0. The van der Waals surface area contributed by atoms with Crippen LogP contribution in [-0.4, -0.2) is 31.9 Å². The van der Waals surface area contributed by atoms with Crippen LogP contribution < -0.4 is 10.6 Å². The van der Waals surface area contributed by atoms with E-state index >= 15 is 0 Å². The van der Waals surface area contributed by atoms with Crippen LogP contribution in [0.3, 0.4) is 0 Å². The predicted molar refractivity (Wildman–Crippen MR) is 77.5 cm³/mol. The second-order valence-electron chi connectivity index (χ2n) is 4.26. The van der Waals surface area contributed by atoms with Gasteiger partial charge in [0.15, 0.2) is 5.69 Å². The van der Waals surface area contributed by atoms with Crippen LogP contribution in [-0.2, 0) is 20.0 Å². The molecule has 0 unspecified atom stereocenters. The molecule has 3 N–H and O–H groups in total. The van der Waals surface area contributed by atoms with E-state index in [0.29, 0.717) is 17.1 Å². The molecule has 2 aromatic heterocycles. The second kappa shape index (κ2) is 6.35. The summed E-state index contributed by atoms with van der Waals surface area (Å²) in [6.07, 6.45) is 2.44. The van der Waals surface area contributed by atoms with Crippen LogP contribution in [0.4, 0.5) is 10.5 Å². The number of aromatic carboxylic acids is 1. The van der Waals surface area contributed by atoms with Crippen LogP contribution in [0.15, 0.2) is 11.6 Å². The van der Waals surface area contributed by atoms with Gasteiger partial charge in [0.1, 0.15) is 5.01 Å². The molecule has 0 aliphatic rings. The van der Waals surface area contributed by atoms with Gasteiger partial charge in [0.2, 0.25) is 0 Å². The Morgan fingerprint density at radius 2 is 2.24 bits per heavy atom. The summed E-state index contributed by atoms with van der Waals surface area (Å²) >= 11 is 1.19. The Kier molecular flexibility index (Phi) is 4.53. The number of aryl methyl sites for hydroxylation is 2. The number of rotatable bonds is 5. The molecule has 0 radical (unpaired) electrons. The minimum Gasteiger partial charge on any atom is -0.476 e. The number of urea groups is 1. The molecule has 0 saturated carbocycles. The standard InChI is InChI=1S/C12H15N5O3S/c1-3-7-8(5-17(2)16-7)15-12(20)13-4-10-14-9(6-21-10)11(18)19/h5-6H,3-4H2,1-2H3,(H,18,19)(H2,13,15,20). The van der Waals surface area contributed by atoms with Gasteiger partial charge in [-0.1, -0.05) is 6.92 Å². The van der Waals surface area contributed by atoms with Crippen molar-refractivity contribution in [3.05, 3.63) is 28.0 Å². The number of thiazole rings is 1. The summed E-state index contributed by atoms with van der Waals surface area (Å²) in [6, 6.07) is -0.384. The molecular formula is C12H15N5O3S. The van der Waals surface area contributed by atoms with Crippen molar-refractivity contribution >= 4 is 29.0 Å². The van der Waals surface area contributed by atoms with Crippen LogP contribution in [0.25, 0.3) is 0 Å². The molecule has 112 valence electrons. The third-order valence-electron chi connectivity index (χ3n) is 2.66. The number of anilines is 1. The zero-order valence-electron chi connectivity index (χ0n) is 11.6. The number of nitrogens with zero attached hydrogens (tertiary/aromatic N) is 3. The van der Waals surface area contributed by atoms with Gasteiger partial charge in [-0.2, -0.15) is 5.10 Å². The summed E-state index contributed by atoms with van der Waals surface area (Å²) in [7, 11) is 1.78. The van der Waals surface area contributed by atoms with E-state index in [1.54, 1.807) is 17.9 Å². The summed E-state index contributed by atoms with van der Waals surface area (Å²) in [4.78, 5) is 26.4. The van der Waals surface area contributed by atoms with Crippen molar-refractivity contribution in [3.63, 3.8) is 0 Å². The van der Waals surface area contributed by atoms with Gasteiger partial charge in [-0.05, 0) is 6.42 Å². The summed E-state index contributed by atoms with van der Waals surface area (Å²) in [6.45, 7) is 2.12. The molecule has 0 bridgehead atoms. The van der Waals surface area contributed by atoms with Crippen molar-refractivity contribution < 1.29 is 14.7 Å². The fraction of sp³-hybridized carbons (Fsp3) is 0.333. The third kappa shape index (κ3) is 3.78. The van der Waals surface area contributed by atoms with Crippen molar-refractivity contribution in [1.82, 2.24) is 20.1 Å². The zero-order valence-corrected chi connectivity index (χ0v) is 12.4. The lowest BCUT2D eigenvalue weighted by molar-refractivity contribution is 0.0691. The van der Waals surface area contributed by atoms with Gasteiger partial charge in [0.05, 0.1) is 17.9 Å². The number of hydrogen-bond donors (Lipinski definition) is 3. The number of carboxylic acid groups (broad SMARTS) is 1. The van der Waals surface area contributed by atoms with Gasteiger partial charge in [0.25, 0.3) is 0 Å². The number of carbonyl (C=O) groups excluding carboxylic acids is 1. The average Bonchev–Trinajstić information content (AvgIpc) is 3.03. The SMILES string of the molecule is CCc1nn(C)cc1NC(=O)NCc1nc(C(=O)O)cs1. The predicted octanol–water partition coefficient (Wildman–Crippen LogP) is 1.46. The molecule has 2 rings (SSSR count). The molecule has 0 aliphatic heterocycles. The second-order valence-corrected chi connectivity index (χ2v) is 5.20. The summed E-state index contributed by atoms with van der Waals surface area (Å²) in [5, 5.41) is 20.3. The van der Waals surface area contributed by atoms with Gasteiger partial charge in [0, 0.05) is 18.6 Å². The largest absolute Gasteiger partial charge is 0.476 e. The number of carbonyl (C=O) groups is 2. The van der Waals surface area contributed by atoms with E-state index in [1.807, 2.05) is 6.92 Å². The van der Waals surface area contributed by atoms with Gasteiger partial charge >= 0.3 is 12.0 Å². The molecule has 0 spiro atoms. The molecule has 2 amide bonds. The van der Waals surface area contributed by atoms with Gasteiger partial charge in [-0.25, -0.2) is 14.6 Å². The van der Waals surface area contributed by atoms with E-state index in [1.165, 1.54) is 16.7 Å². The highest BCUT2D eigenvalue weighted by Crippen LogP contribution is 2.13. The van der Waals surface area contributed by atoms with E-state index in [0.717, 1.165) is 5.69 Å². The molecule has 2 heterocycles. The Labute approximate surface area is 124 Å². The maximum Gasteiger partial charge on any atom is 0.355 e. The lowest BCUT2D eigenvalue weighted by Crippen LogP contribution is -2.28. The average molecular weight is 309 g/mol. The van der Waals surface area contributed by atoms with E-state index in [4.69, 9.17) is 5.11 Å². The topological polar surface area (TPSA) is 109 Å². The van der Waals surface area contributed by atoms with Gasteiger partial charge < -0.3 is 15.7 Å². The molecular weight excluding hydrogens is 294 g/mol. The number of aromatic nitrogens is 3. The van der Waals surface area contributed by atoms with E-state index in [-0.39, 0.29) is 18.3 Å². The van der Waals surface area contributed by atoms with Gasteiger partial charge in [-0.3, -0.25) is 4.68 Å². The minimum atomic E-state index is -1.08. The number of carboxylic acids is 1. The monoisotopic (exact) mass is 309 g/mol. The first-order valence-electron chi connectivity index (χ1n) is 6.24. The summed E-state index contributed by atoms with van der Waals surface area (Å²) < 4.78 is 1.63. The highest BCUT2D eigenvalue weighted by Gasteiger charge is 2.11. The maximum atomic E-state index is 11.8. The Balaban J connectivity index is 1.90. The van der Waals surface area contributed by atoms with E-state index < -0.39 is 5.97 Å². The Morgan fingerprint density at radius 3 is 2.86 bits per heavy atom. The van der Waals surface area contributed by atoms with Crippen molar-refractivity contribution in [1.29, 1.82) is 0 Å². The van der Waals surface area contributed by atoms with Crippen LogP contribution in [0.2, 0.25) is 0 Å². The number of amides is 2. The fourth-order valence-electron chi connectivity index (χ4n) is 1.71. The summed E-state index contributed by atoms with van der Waals surface area (Å²) in [5.74, 6) is -1.08. The lowest BCUT2D eigenvalue weighted by atomic mass is 10.3. The van der Waals surface area contributed by atoms with E-state index in [9.17, 15) is 9.59 Å². The molecule has 8 nitrogen and oxygen atoms in total. The molecule has 21 heavy (non-hydrogen) atoms. The molecule has 2 aromatic rings. The van der Waals surface area contributed by atoms with Crippen molar-refractivity contribution in [3.8, 4) is 0 Å². The lowest BCUT2D eigenvalue weighted by Gasteiger charge is -2.05. The molecule has 0 atom stereocenters. The van der Waals surface area contributed by atoms with E-state index in [2.05, 4.69) is 20.7 Å². The Bertz CT molecular complexity index is 664. The highest BCUT2D eigenvalue weighted by atomic mass is 32.1. The number of hydrogen-bond acceptors (Lipinski definition) is 5. The minimum absolute atomic E-state index is 0.0160. The first-order chi connectivity index (χ1) is 9.99. The van der Waals surface area contributed by atoms with Crippen molar-refractivity contribution in [2.75, 3.05) is 5.32 Å². The fourth-order valence-corrected chi connectivity index (χ4v) is 2.42. The van der Waals surface area contributed by atoms with Crippen molar-refractivity contribution in [2.24, 2.45) is 7.05 Å². The molecule has 0 fully saturated rings. The number of nitrogens with one attached hydrogen (secondary N) is 2.